The molecule has 0 unspecified atom stereocenters. The Labute approximate surface area is 54.1 Å². The maximum Gasteiger partial charge on any atom is 0.169 e. The highest BCUT2D eigenvalue weighted by molar-refractivity contribution is 4.64. The molecule has 0 fully saturated rings. The normalized spacial score (nSPS) is 14.3. The van der Waals surface area contributed by atoms with E-state index in [1.165, 1.54) is 0 Å². The number of nitrogens with one attached hydrogen (secondary N) is 1. The van der Waals surface area contributed by atoms with Crippen molar-refractivity contribution >= 4 is 0 Å². The van der Waals surface area contributed by atoms with Gasteiger partial charge in [0.1, 0.15) is 0 Å². The van der Waals surface area contributed by atoms with Gasteiger partial charge >= 0.3 is 0 Å². The van der Waals surface area contributed by atoms with E-state index in [-0.39, 0.29) is 6.61 Å². The van der Waals surface area contributed by atoms with Gasteiger partial charge in [-0.2, -0.15) is 0 Å². The highest BCUT2D eigenvalue weighted by atomic mass is 16.5. The molecule has 0 aliphatic carbocycles. The van der Waals surface area contributed by atoms with E-state index in [1.807, 2.05) is 6.92 Å². The summed E-state index contributed by atoms with van der Waals surface area (Å²) in [5.74, 6) is 0. The average Bonchev–Trinajstić information content (AvgIpc) is 1.82. The van der Waals surface area contributed by atoms with Crippen molar-refractivity contribution in [1.82, 2.24) is 5.32 Å². The van der Waals surface area contributed by atoms with Gasteiger partial charge < -0.3 is 20.6 Å². The highest BCUT2D eigenvalue weighted by Crippen LogP contribution is 1.85. The van der Waals surface area contributed by atoms with Gasteiger partial charge in [0.15, 0.2) is 6.29 Å². The van der Waals surface area contributed by atoms with E-state index >= 15 is 0 Å². The standard InChI is InChI=1S/C5H13NO3/c1-2-6-4(3-7)5(8)9/h4-9H,2-3H2,1H3/t4-/m0/s1. The van der Waals surface area contributed by atoms with Crippen LogP contribution in [0.1, 0.15) is 6.92 Å². The summed E-state index contributed by atoms with van der Waals surface area (Å²) in [4.78, 5) is 0. The Morgan fingerprint density at radius 1 is 1.44 bits per heavy atom. The molecule has 0 heterocycles. The smallest absolute Gasteiger partial charge is 0.169 e. The number of likely N-dealkylation sites (N-methyl/N-ethyl adjacent to an activating group) is 1. The van der Waals surface area contributed by atoms with Crippen LogP contribution in [0, 0.1) is 0 Å². The molecular weight excluding hydrogens is 122 g/mol. The average molecular weight is 135 g/mol. The van der Waals surface area contributed by atoms with E-state index in [4.69, 9.17) is 15.3 Å². The van der Waals surface area contributed by atoms with Crippen molar-refractivity contribution in [1.29, 1.82) is 0 Å². The fourth-order valence-corrected chi connectivity index (χ4v) is 0.526. The lowest BCUT2D eigenvalue weighted by atomic mass is 10.3. The number of aliphatic hydroxyl groups is 3. The summed E-state index contributed by atoms with van der Waals surface area (Å²) >= 11 is 0. The lowest BCUT2D eigenvalue weighted by molar-refractivity contribution is -0.0773. The van der Waals surface area contributed by atoms with Gasteiger partial charge in [-0.15, -0.1) is 0 Å². The molecule has 0 rings (SSSR count). The van der Waals surface area contributed by atoms with Crippen LogP contribution in [-0.2, 0) is 0 Å². The summed E-state index contributed by atoms with van der Waals surface area (Å²) in [7, 11) is 0. The van der Waals surface area contributed by atoms with Crippen molar-refractivity contribution in [2.45, 2.75) is 19.3 Å². The van der Waals surface area contributed by atoms with E-state index in [0.29, 0.717) is 6.54 Å². The van der Waals surface area contributed by atoms with Crippen LogP contribution in [0.5, 0.6) is 0 Å². The lowest BCUT2D eigenvalue weighted by Crippen LogP contribution is -2.42. The predicted octanol–water partition coefficient (Wildman–Crippen LogP) is -1.73. The Balaban J connectivity index is 3.41. The third kappa shape index (κ3) is 3.42. The van der Waals surface area contributed by atoms with Gasteiger partial charge in [0.25, 0.3) is 0 Å². The topological polar surface area (TPSA) is 72.7 Å². The Hall–Kier alpha value is -0.160. The van der Waals surface area contributed by atoms with E-state index in [2.05, 4.69) is 5.32 Å². The minimum atomic E-state index is -1.48. The molecular formula is C5H13NO3. The molecule has 0 aliphatic rings. The van der Waals surface area contributed by atoms with Crippen LogP contribution in [-0.4, -0.2) is 40.8 Å². The minimum Gasteiger partial charge on any atom is -0.395 e. The first kappa shape index (κ1) is 8.84. The molecule has 0 aromatic carbocycles. The zero-order valence-corrected chi connectivity index (χ0v) is 5.41. The van der Waals surface area contributed by atoms with Crippen LogP contribution < -0.4 is 5.32 Å². The number of hydrogen-bond acceptors (Lipinski definition) is 4. The van der Waals surface area contributed by atoms with E-state index in [9.17, 15) is 0 Å². The summed E-state index contributed by atoms with van der Waals surface area (Å²) in [5.41, 5.74) is 0. The van der Waals surface area contributed by atoms with Crippen LogP contribution in [0.15, 0.2) is 0 Å². The molecule has 0 radical (unpaired) electrons. The molecule has 0 aliphatic heterocycles. The van der Waals surface area contributed by atoms with Crippen LogP contribution in [0.25, 0.3) is 0 Å². The molecule has 4 nitrogen and oxygen atoms in total. The molecule has 4 N–H and O–H groups in total. The fourth-order valence-electron chi connectivity index (χ4n) is 0.526. The molecule has 4 heteroatoms. The number of aliphatic hydroxyl groups excluding tert-OH is 2. The third-order valence-electron chi connectivity index (χ3n) is 1.02. The van der Waals surface area contributed by atoms with Crippen molar-refractivity contribution in [2.24, 2.45) is 0 Å². The van der Waals surface area contributed by atoms with Gasteiger partial charge in [-0.05, 0) is 6.54 Å². The molecule has 56 valence electrons. The maximum atomic E-state index is 8.48. The minimum absolute atomic E-state index is 0.258. The van der Waals surface area contributed by atoms with E-state index in [0.717, 1.165) is 0 Å². The zero-order valence-electron chi connectivity index (χ0n) is 5.41. The quantitative estimate of drug-likeness (QED) is 0.346. The van der Waals surface area contributed by atoms with Crippen LogP contribution in [0.3, 0.4) is 0 Å². The molecule has 0 saturated carbocycles. The molecule has 0 saturated heterocycles. The van der Waals surface area contributed by atoms with Gasteiger partial charge in [0.2, 0.25) is 0 Å². The maximum absolute atomic E-state index is 8.48. The molecule has 1 atom stereocenters. The van der Waals surface area contributed by atoms with Gasteiger partial charge in [0, 0.05) is 0 Å². The first-order valence-electron chi connectivity index (χ1n) is 2.92. The van der Waals surface area contributed by atoms with Crippen molar-refractivity contribution in [3.63, 3.8) is 0 Å². The number of hydrogen-bond donors (Lipinski definition) is 4. The molecule has 9 heavy (non-hydrogen) atoms. The molecule has 0 spiro atoms. The second kappa shape index (κ2) is 4.69. The Kier molecular flexibility index (Phi) is 4.61. The van der Waals surface area contributed by atoms with Gasteiger partial charge in [0.05, 0.1) is 12.6 Å². The van der Waals surface area contributed by atoms with E-state index in [1.54, 1.807) is 0 Å². The van der Waals surface area contributed by atoms with Crippen LogP contribution in [0.4, 0.5) is 0 Å². The molecule has 0 amide bonds. The zero-order chi connectivity index (χ0) is 7.28. The van der Waals surface area contributed by atoms with Gasteiger partial charge in [-0.1, -0.05) is 6.92 Å². The van der Waals surface area contributed by atoms with Crippen molar-refractivity contribution in [3.8, 4) is 0 Å². The van der Waals surface area contributed by atoms with Crippen molar-refractivity contribution in [3.05, 3.63) is 0 Å². The molecule has 0 bridgehead atoms. The Morgan fingerprint density at radius 3 is 2.11 bits per heavy atom. The second-order valence-electron chi connectivity index (χ2n) is 1.76. The lowest BCUT2D eigenvalue weighted by Gasteiger charge is -2.15. The highest BCUT2D eigenvalue weighted by Gasteiger charge is 2.12. The number of rotatable bonds is 4. The second-order valence-corrected chi connectivity index (χ2v) is 1.76. The van der Waals surface area contributed by atoms with Crippen molar-refractivity contribution in [2.75, 3.05) is 13.2 Å². The largest absolute Gasteiger partial charge is 0.395 e. The monoisotopic (exact) mass is 135 g/mol. The molecule has 0 aromatic rings. The summed E-state index contributed by atoms with van der Waals surface area (Å²) in [6.07, 6.45) is -1.48. The van der Waals surface area contributed by atoms with Gasteiger partial charge in [-0.25, -0.2) is 0 Å². The first-order valence-corrected chi connectivity index (χ1v) is 2.92. The fraction of sp³-hybridized carbons (Fsp3) is 1.00. The van der Waals surface area contributed by atoms with Crippen LogP contribution in [0.2, 0.25) is 0 Å². The summed E-state index contributed by atoms with van der Waals surface area (Å²) in [5, 5.41) is 28.1. The van der Waals surface area contributed by atoms with Gasteiger partial charge in [-0.3, -0.25) is 0 Å². The van der Waals surface area contributed by atoms with E-state index < -0.39 is 12.3 Å². The Morgan fingerprint density at radius 2 is 2.00 bits per heavy atom. The first-order chi connectivity index (χ1) is 4.22. The van der Waals surface area contributed by atoms with Crippen molar-refractivity contribution < 1.29 is 15.3 Å². The summed E-state index contributed by atoms with van der Waals surface area (Å²) in [6.45, 7) is 2.18. The Bertz CT molecular complexity index is 67.2. The third-order valence-corrected chi connectivity index (χ3v) is 1.02. The predicted molar refractivity (Wildman–Crippen MR) is 32.8 cm³/mol. The summed E-state index contributed by atoms with van der Waals surface area (Å²) < 4.78 is 0. The summed E-state index contributed by atoms with van der Waals surface area (Å²) in [6, 6.07) is -0.616. The van der Waals surface area contributed by atoms with Crippen LogP contribution >= 0.6 is 0 Å². The SMILES string of the molecule is CCN[C@@H](CO)C(O)O. The molecule has 0 aromatic heterocycles.